The lowest BCUT2D eigenvalue weighted by Gasteiger charge is -2.41. The van der Waals surface area contributed by atoms with Crippen LogP contribution in [0.25, 0.3) is 12.2 Å². The van der Waals surface area contributed by atoms with Crippen molar-refractivity contribution in [3.63, 3.8) is 0 Å². The maximum Gasteiger partial charge on any atom is 0.335 e. The molecule has 0 radical (unpaired) electrons. The van der Waals surface area contributed by atoms with Crippen LogP contribution in [0.5, 0.6) is 0 Å². The molecular formula is C27H28N2O3. The van der Waals surface area contributed by atoms with Crippen molar-refractivity contribution in [3.05, 3.63) is 88.2 Å². The molecule has 0 saturated carbocycles. The first-order valence-corrected chi connectivity index (χ1v) is 10.8. The van der Waals surface area contributed by atoms with Crippen molar-refractivity contribution in [1.29, 1.82) is 0 Å². The highest BCUT2D eigenvalue weighted by Crippen LogP contribution is 2.45. The molecule has 0 amide bonds. The number of carboxylic acids is 1. The smallest absolute Gasteiger partial charge is 0.335 e. The summed E-state index contributed by atoms with van der Waals surface area (Å²) < 4.78 is 1.88. The van der Waals surface area contributed by atoms with Crippen LogP contribution in [-0.4, -0.2) is 26.6 Å². The van der Waals surface area contributed by atoms with Gasteiger partial charge in [-0.25, -0.2) is 4.79 Å². The van der Waals surface area contributed by atoms with Gasteiger partial charge in [-0.05, 0) is 65.3 Å². The maximum absolute atomic E-state index is 12.9. The molecule has 0 unspecified atom stereocenters. The number of Topliss-reactive ketones (excluding diaryl/α,β-unsaturated/α-hetero) is 1. The molecule has 0 atom stereocenters. The molecule has 1 aromatic heterocycles. The van der Waals surface area contributed by atoms with E-state index in [-0.39, 0.29) is 16.8 Å². The summed E-state index contributed by atoms with van der Waals surface area (Å²) in [5.74, 6) is -0.669. The standard InChI is InChI=1S/C27H28N2O3/c1-26(2)16-24(30)27(3,4)23-15-21(17-29-13-5-12-28-29)20(14-22(23)26)11-8-18-6-9-19(10-7-18)25(31)32/h5-15H,16-17H2,1-4H3,(H,31,32)/b11-8+. The molecule has 0 fully saturated rings. The molecule has 1 aliphatic rings. The fourth-order valence-corrected chi connectivity index (χ4v) is 4.39. The molecule has 3 aromatic rings. The lowest BCUT2D eigenvalue weighted by molar-refractivity contribution is -0.125. The summed E-state index contributed by atoms with van der Waals surface area (Å²) in [6, 6.07) is 13.1. The van der Waals surface area contributed by atoms with Crippen molar-refractivity contribution in [1.82, 2.24) is 9.78 Å². The predicted molar refractivity (Wildman–Crippen MR) is 126 cm³/mol. The van der Waals surface area contributed by atoms with Gasteiger partial charge in [0.05, 0.1) is 12.1 Å². The van der Waals surface area contributed by atoms with Gasteiger partial charge in [-0.15, -0.1) is 0 Å². The van der Waals surface area contributed by atoms with E-state index in [1.54, 1.807) is 30.5 Å². The zero-order valence-electron chi connectivity index (χ0n) is 18.9. The van der Waals surface area contributed by atoms with Gasteiger partial charge in [-0.1, -0.05) is 50.3 Å². The van der Waals surface area contributed by atoms with Crippen molar-refractivity contribution in [2.75, 3.05) is 0 Å². The second kappa shape index (κ2) is 7.90. The summed E-state index contributed by atoms with van der Waals surface area (Å²) in [5, 5.41) is 13.5. The van der Waals surface area contributed by atoms with Gasteiger partial charge < -0.3 is 5.11 Å². The lowest BCUT2D eigenvalue weighted by Crippen LogP contribution is -2.42. The normalized spacial score (nSPS) is 16.8. The van der Waals surface area contributed by atoms with Crippen LogP contribution in [0.15, 0.2) is 54.9 Å². The second-order valence-corrected chi connectivity index (χ2v) is 9.67. The Kier molecular flexibility index (Phi) is 5.37. The Balaban J connectivity index is 1.81. The topological polar surface area (TPSA) is 72.2 Å². The number of fused-ring (bicyclic) bond motifs is 1. The Morgan fingerprint density at radius 3 is 2.44 bits per heavy atom. The van der Waals surface area contributed by atoms with E-state index in [2.05, 4.69) is 37.2 Å². The van der Waals surface area contributed by atoms with Crippen molar-refractivity contribution in [2.24, 2.45) is 0 Å². The van der Waals surface area contributed by atoms with Crippen LogP contribution in [0.4, 0.5) is 0 Å². The Morgan fingerprint density at radius 1 is 1.09 bits per heavy atom. The third-order valence-corrected chi connectivity index (χ3v) is 6.49. The second-order valence-electron chi connectivity index (χ2n) is 9.67. The van der Waals surface area contributed by atoms with Gasteiger partial charge in [0.15, 0.2) is 0 Å². The van der Waals surface area contributed by atoms with E-state index in [0.29, 0.717) is 13.0 Å². The Hall–Kier alpha value is -3.47. The zero-order chi connectivity index (χ0) is 23.1. The predicted octanol–water partition coefficient (Wildman–Crippen LogP) is 5.33. The van der Waals surface area contributed by atoms with Crippen LogP contribution in [0.1, 0.15) is 72.3 Å². The summed E-state index contributed by atoms with van der Waals surface area (Å²) in [7, 11) is 0. The number of aromatic nitrogens is 2. The highest BCUT2D eigenvalue weighted by molar-refractivity contribution is 5.93. The van der Waals surface area contributed by atoms with Gasteiger partial charge in [-0.3, -0.25) is 9.48 Å². The summed E-state index contributed by atoms with van der Waals surface area (Å²) in [6.45, 7) is 8.89. The van der Waals surface area contributed by atoms with E-state index in [1.165, 1.54) is 5.56 Å². The van der Waals surface area contributed by atoms with Crippen LogP contribution in [0.3, 0.4) is 0 Å². The van der Waals surface area contributed by atoms with E-state index in [1.807, 2.05) is 36.9 Å². The number of rotatable bonds is 5. The van der Waals surface area contributed by atoms with Gasteiger partial charge in [0.1, 0.15) is 5.78 Å². The Bertz CT molecular complexity index is 1200. The third kappa shape index (κ3) is 4.03. The molecule has 164 valence electrons. The maximum atomic E-state index is 12.9. The van der Waals surface area contributed by atoms with Gasteiger partial charge >= 0.3 is 5.97 Å². The van der Waals surface area contributed by atoms with Gasteiger partial charge in [-0.2, -0.15) is 5.10 Å². The fourth-order valence-electron chi connectivity index (χ4n) is 4.39. The molecule has 0 bridgehead atoms. The zero-order valence-corrected chi connectivity index (χ0v) is 18.9. The first-order chi connectivity index (χ1) is 15.1. The molecule has 2 aromatic carbocycles. The highest BCUT2D eigenvalue weighted by atomic mass is 16.4. The average molecular weight is 429 g/mol. The Labute approximate surface area is 188 Å². The molecule has 5 heteroatoms. The average Bonchev–Trinajstić information content (AvgIpc) is 3.24. The number of carbonyl (C=O) groups is 2. The lowest BCUT2D eigenvalue weighted by atomic mass is 9.62. The largest absolute Gasteiger partial charge is 0.478 e. The summed E-state index contributed by atoms with van der Waals surface area (Å²) >= 11 is 0. The minimum atomic E-state index is -0.934. The minimum Gasteiger partial charge on any atom is -0.478 e. The van der Waals surface area contributed by atoms with Crippen LogP contribution in [0, 0.1) is 0 Å². The van der Waals surface area contributed by atoms with Gasteiger partial charge in [0.2, 0.25) is 0 Å². The summed E-state index contributed by atoms with van der Waals surface area (Å²) in [4.78, 5) is 24.0. The van der Waals surface area contributed by atoms with Crippen molar-refractivity contribution >= 4 is 23.9 Å². The SMILES string of the molecule is CC1(C)CC(=O)C(C)(C)c2cc(Cn3cccn3)c(/C=C/c3ccc(C(=O)O)cc3)cc21. The van der Waals surface area contributed by atoms with E-state index < -0.39 is 11.4 Å². The number of ketones is 1. The molecular weight excluding hydrogens is 400 g/mol. The number of nitrogens with zero attached hydrogens (tertiary/aromatic N) is 2. The number of carboxylic acid groups (broad SMARTS) is 1. The molecule has 0 aliphatic heterocycles. The number of hydrogen-bond acceptors (Lipinski definition) is 3. The molecule has 0 saturated heterocycles. The Morgan fingerprint density at radius 2 is 1.81 bits per heavy atom. The van der Waals surface area contributed by atoms with Crippen molar-refractivity contribution < 1.29 is 14.7 Å². The highest BCUT2D eigenvalue weighted by Gasteiger charge is 2.43. The van der Waals surface area contributed by atoms with Gasteiger partial charge in [0, 0.05) is 24.2 Å². The van der Waals surface area contributed by atoms with E-state index in [0.717, 1.165) is 22.3 Å². The van der Waals surface area contributed by atoms with Crippen LogP contribution < -0.4 is 0 Å². The summed E-state index contributed by atoms with van der Waals surface area (Å²) in [5.41, 5.74) is 4.87. The molecule has 0 spiro atoms. The fraction of sp³-hybridized carbons (Fsp3) is 0.296. The molecule has 1 aliphatic carbocycles. The summed E-state index contributed by atoms with van der Waals surface area (Å²) in [6.07, 6.45) is 8.26. The van der Waals surface area contributed by atoms with Crippen molar-refractivity contribution in [3.8, 4) is 0 Å². The third-order valence-electron chi connectivity index (χ3n) is 6.49. The number of carbonyl (C=O) groups excluding carboxylic acids is 1. The first-order valence-electron chi connectivity index (χ1n) is 10.8. The number of hydrogen-bond donors (Lipinski definition) is 1. The van der Waals surface area contributed by atoms with Crippen molar-refractivity contribution in [2.45, 2.75) is 51.5 Å². The minimum absolute atomic E-state index is 0.238. The van der Waals surface area contributed by atoms with E-state index >= 15 is 0 Å². The van der Waals surface area contributed by atoms with Crippen LogP contribution in [0.2, 0.25) is 0 Å². The number of aromatic carboxylic acids is 1. The molecule has 32 heavy (non-hydrogen) atoms. The molecule has 4 rings (SSSR count). The van der Waals surface area contributed by atoms with E-state index in [4.69, 9.17) is 5.11 Å². The first kappa shape index (κ1) is 21.8. The van der Waals surface area contributed by atoms with Crippen LogP contribution >= 0.6 is 0 Å². The molecule has 1 heterocycles. The van der Waals surface area contributed by atoms with E-state index in [9.17, 15) is 9.59 Å². The quantitative estimate of drug-likeness (QED) is 0.558. The van der Waals surface area contributed by atoms with Gasteiger partial charge in [0.25, 0.3) is 0 Å². The number of benzene rings is 2. The van der Waals surface area contributed by atoms with Crippen LogP contribution in [-0.2, 0) is 22.2 Å². The molecule has 5 nitrogen and oxygen atoms in total. The monoisotopic (exact) mass is 428 g/mol. The molecule has 1 N–H and O–H groups in total.